The molecule has 400 valence electrons. The molecule has 0 aliphatic heterocycles. The molecule has 0 aromatic carbocycles. The third-order valence-corrected chi connectivity index (χ3v) is 11.6. The maximum absolute atomic E-state index is 12.8. The lowest BCUT2D eigenvalue weighted by atomic mass is 10.1. The Morgan fingerprint density at radius 1 is 0.296 bits per heavy atom. The monoisotopic (exact) mass is 981 g/mol. The highest BCUT2D eigenvalue weighted by Crippen LogP contribution is 2.13. The Labute approximate surface area is 436 Å². The van der Waals surface area contributed by atoms with Gasteiger partial charge in [0.15, 0.2) is 6.10 Å². The summed E-state index contributed by atoms with van der Waals surface area (Å²) in [4.78, 5) is 38.0. The van der Waals surface area contributed by atoms with Gasteiger partial charge in [0.1, 0.15) is 13.2 Å². The summed E-state index contributed by atoms with van der Waals surface area (Å²) in [5, 5.41) is 0. The Balaban J connectivity index is 4.35. The average molecular weight is 982 g/mol. The van der Waals surface area contributed by atoms with Crippen LogP contribution >= 0.6 is 0 Å². The topological polar surface area (TPSA) is 78.9 Å². The third-order valence-electron chi connectivity index (χ3n) is 11.6. The van der Waals surface area contributed by atoms with Crippen LogP contribution in [-0.4, -0.2) is 37.2 Å². The molecular formula is C65H104O6. The van der Waals surface area contributed by atoms with Crippen LogP contribution in [0.2, 0.25) is 0 Å². The maximum Gasteiger partial charge on any atom is 0.306 e. The third kappa shape index (κ3) is 56.3. The van der Waals surface area contributed by atoms with Crippen LogP contribution in [0.3, 0.4) is 0 Å². The summed E-state index contributed by atoms with van der Waals surface area (Å²) in [6, 6.07) is 0. The molecule has 0 bridgehead atoms. The molecule has 0 heterocycles. The van der Waals surface area contributed by atoms with Crippen LogP contribution in [0.25, 0.3) is 0 Å². The first-order valence-corrected chi connectivity index (χ1v) is 28.7. The minimum absolute atomic E-state index is 0.100. The smallest absolute Gasteiger partial charge is 0.306 e. The normalized spacial score (nSPS) is 13.1. The van der Waals surface area contributed by atoms with Gasteiger partial charge < -0.3 is 14.2 Å². The number of ether oxygens (including phenoxy) is 3. The van der Waals surface area contributed by atoms with Gasteiger partial charge in [-0.3, -0.25) is 14.4 Å². The van der Waals surface area contributed by atoms with Gasteiger partial charge in [0.05, 0.1) is 0 Å². The number of hydrogen-bond donors (Lipinski definition) is 0. The van der Waals surface area contributed by atoms with Crippen molar-refractivity contribution < 1.29 is 28.6 Å². The second kappa shape index (κ2) is 58.1. The summed E-state index contributed by atoms with van der Waals surface area (Å²) >= 11 is 0. The van der Waals surface area contributed by atoms with Crippen molar-refractivity contribution in [2.45, 2.75) is 245 Å². The van der Waals surface area contributed by atoms with Crippen LogP contribution in [-0.2, 0) is 28.6 Å². The number of rotatable bonds is 50. The van der Waals surface area contributed by atoms with Gasteiger partial charge in [0, 0.05) is 19.3 Å². The molecule has 6 nitrogen and oxygen atoms in total. The Bertz CT molecular complexity index is 1550. The summed E-state index contributed by atoms with van der Waals surface area (Å²) in [5.41, 5.74) is 0. The summed E-state index contributed by atoms with van der Waals surface area (Å²) in [6.45, 7) is 6.36. The molecule has 0 N–H and O–H groups in total. The van der Waals surface area contributed by atoms with E-state index >= 15 is 0 Å². The highest BCUT2D eigenvalue weighted by molar-refractivity contribution is 5.71. The molecular weight excluding hydrogens is 877 g/mol. The number of carbonyl (C=O) groups is 3. The first-order valence-electron chi connectivity index (χ1n) is 28.7. The Kier molecular flexibility index (Phi) is 54.5. The number of carbonyl (C=O) groups excluding carboxylic acids is 3. The van der Waals surface area contributed by atoms with Crippen molar-refractivity contribution in [2.75, 3.05) is 13.2 Å². The summed E-state index contributed by atoms with van der Waals surface area (Å²) in [6.07, 6.45) is 81.6. The standard InChI is InChI=1S/C65H104O6/c1-4-7-10-13-16-19-22-24-25-26-27-28-29-30-31-32-33-34-35-36-37-38-39-41-43-46-49-52-55-58-64(67)70-61-62(60-69-63(66)57-54-51-48-45-42-21-18-15-12-9-6-3)71-65(68)59-56-53-50-47-44-40-23-20-17-14-11-8-5-2/h7,10-11,14-16,18-20,23-25,27-28,30-31,33-34,36-37,39,41,62H,4-6,8-9,12-13,17,21-22,26,29,32,35,38,40,42-61H2,1-3H3/b10-7-,14-11-,18-15-,19-16-,23-20-,25-24-,28-27-,31-30-,34-33-,37-36-,41-39-. The highest BCUT2D eigenvalue weighted by Gasteiger charge is 2.19. The van der Waals surface area contributed by atoms with E-state index < -0.39 is 6.10 Å². The molecule has 1 atom stereocenters. The van der Waals surface area contributed by atoms with Crippen LogP contribution in [0, 0.1) is 0 Å². The fraction of sp³-hybridized carbons (Fsp3) is 0.615. The van der Waals surface area contributed by atoms with Gasteiger partial charge in [-0.25, -0.2) is 0 Å². The summed E-state index contributed by atoms with van der Waals surface area (Å²) in [5.74, 6) is -0.957. The molecule has 0 aliphatic carbocycles. The van der Waals surface area contributed by atoms with E-state index in [9.17, 15) is 14.4 Å². The van der Waals surface area contributed by atoms with Gasteiger partial charge in [-0.15, -0.1) is 0 Å². The molecule has 0 spiro atoms. The van der Waals surface area contributed by atoms with Crippen LogP contribution in [0.5, 0.6) is 0 Å². The molecule has 0 amide bonds. The van der Waals surface area contributed by atoms with Crippen molar-refractivity contribution in [2.24, 2.45) is 0 Å². The largest absolute Gasteiger partial charge is 0.462 e. The Hall–Kier alpha value is -4.45. The van der Waals surface area contributed by atoms with Crippen LogP contribution in [0.15, 0.2) is 134 Å². The maximum atomic E-state index is 12.8. The molecule has 6 heteroatoms. The zero-order chi connectivity index (χ0) is 51.4. The van der Waals surface area contributed by atoms with Gasteiger partial charge >= 0.3 is 17.9 Å². The molecule has 0 saturated carbocycles. The fourth-order valence-corrected chi connectivity index (χ4v) is 7.30. The van der Waals surface area contributed by atoms with E-state index in [0.29, 0.717) is 19.3 Å². The van der Waals surface area contributed by atoms with Crippen LogP contribution in [0.1, 0.15) is 239 Å². The van der Waals surface area contributed by atoms with Gasteiger partial charge in [-0.05, 0) is 128 Å². The molecule has 0 aromatic rings. The highest BCUT2D eigenvalue weighted by atomic mass is 16.6. The molecule has 1 unspecified atom stereocenters. The first kappa shape index (κ1) is 66.6. The van der Waals surface area contributed by atoms with Crippen molar-refractivity contribution in [3.8, 4) is 0 Å². The fourth-order valence-electron chi connectivity index (χ4n) is 7.30. The van der Waals surface area contributed by atoms with E-state index in [4.69, 9.17) is 14.2 Å². The second-order valence-electron chi connectivity index (χ2n) is 18.5. The quantitative estimate of drug-likeness (QED) is 0.0262. The summed E-state index contributed by atoms with van der Waals surface area (Å²) in [7, 11) is 0. The van der Waals surface area contributed by atoms with Gasteiger partial charge in [0.2, 0.25) is 0 Å². The number of allylic oxidation sites excluding steroid dienone is 22. The van der Waals surface area contributed by atoms with Crippen molar-refractivity contribution in [1.82, 2.24) is 0 Å². The number of hydrogen-bond acceptors (Lipinski definition) is 6. The predicted molar refractivity (Wildman–Crippen MR) is 306 cm³/mol. The Morgan fingerprint density at radius 2 is 0.577 bits per heavy atom. The molecule has 71 heavy (non-hydrogen) atoms. The van der Waals surface area contributed by atoms with Crippen molar-refractivity contribution in [3.63, 3.8) is 0 Å². The molecule has 0 saturated heterocycles. The molecule has 0 rings (SSSR count). The molecule has 0 fully saturated rings. The number of esters is 3. The van der Waals surface area contributed by atoms with Crippen molar-refractivity contribution in [3.05, 3.63) is 134 Å². The minimum atomic E-state index is -0.803. The first-order chi connectivity index (χ1) is 35.0. The molecule has 0 aliphatic rings. The van der Waals surface area contributed by atoms with Crippen molar-refractivity contribution >= 4 is 17.9 Å². The SMILES string of the molecule is CC/C=C\C/C=C\C/C=C\C/C=C\C/C=C\C/C=C\C/C=C\C/C=C\CCCCCCC(=O)OCC(COC(=O)CCCCCCC/C=C\CCCC)OC(=O)CCCCCCC/C=C\C/C=C\CCC. The zero-order valence-electron chi connectivity index (χ0n) is 45.7. The predicted octanol–water partition coefficient (Wildman–Crippen LogP) is 19.4. The lowest BCUT2D eigenvalue weighted by molar-refractivity contribution is -0.167. The Morgan fingerprint density at radius 3 is 0.930 bits per heavy atom. The lowest BCUT2D eigenvalue weighted by Gasteiger charge is -2.18. The van der Waals surface area contributed by atoms with E-state index in [0.717, 1.165) is 167 Å². The van der Waals surface area contributed by atoms with E-state index in [-0.39, 0.29) is 31.1 Å². The van der Waals surface area contributed by atoms with Gasteiger partial charge in [-0.2, -0.15) is 0 Å². The molecule has 0 radical (unpaired) electrons. The average Bonchev–Trinajstić information content (AvgIpc) is 3.37. The van der Waals surface area contributed by atoms with Crippen molar-refractivity contribution in [1.29, 1.82) is 0 Å². The number of unbranched alkanes of at least 4 members (excludes halogenated alkanes) is 17. The van der Waals surface area contributed by atoms with Gasteiger partial charge in [0.25, 0.3) is 0 Å². The van der Waals surface area contributed by atoms with E-state index in [1.54, 1.807) is 0 Å². The van der Waals surface area contributed by atoms with E-state index in [2.05, 4.69) is 154 Å². The van der Waals surface area contributed by atoms with E-state index in [1.165, 1.54) is 32.1 Å². The summed E-state index contributed by atoms with van der Waals surface area (Å²) < 4.78 is 16.8. The van der Waals surface area contributed by atoms with E-state index in [1.807, 2.05) is 0 Å². The second-order valence-corrected chi connectivity index (χ2v) is 18.5. The molecule has 0 aromatic heterocycles. The van der Waals surface area contributed by atoms with Crippen LogP contribution in [0.4, 0.5) is 0 Å². The van der Waals surface area contributed by atoms with Gasteiger partial charge in [-0.1, -0.05) is 225 Å². The van der Waals surface area contributed by atoms with Crippen LogP contribution < -0.4 is 0 Å². The minimum Gasteiger partial charge on any atom is -0.462 e. The zero-order valence-corrected chi connectivity index (χ0v) is 45.7. The lowest BCUT2D eigenvalue weighted by Crippen LogP contribution is -2.30.